The van der Waals surface area contributed by atoms with Crippen molar-refractivity contribution in [2.24, 2.45) is 5.92 Å². The van der Waals surface area contributed by atoms with Crippen LogP contribution in [0.5, 0.6) is 0 Å². The predicted octanol–water partition coefficient (Wildman–Crippen LogP) is 14.6. The van der Waals surface area contributed by atoms with Gasteiger partial charge in [0.25, 0.3) is 0 Å². The van der Waals surface area contributed by atoms with E-state index in [1.807, 2.05) is 0 Å². The molecule has 0 aromatic carbocycles. The molecule has 0 aliphatic heterocycles. The molecule has 2 nitrogen and oxygen atoms in total. The molecule has 0 bridgehead atoms. The Bertz CT molecular complexity index is 1190. The van der Waals surface area contributed by atoms with Gasteiger partial charge >= 0.3 is 0 Å². The van der Waals surface area contributed by atoms with Crippen LogP contribution in [0.1, 0.15) is 179 Å². The molecule has 48 heavy (non-hydrogen) atoms. The molecular formula is C46H74O2. The van der Waals surface area contributed by atoms with E-state index < -0.39 is 0 Å². The average Bonchev–Trinajstić information content (AvgIpc) is 2.98. The minimum atomic E-state index is 0.194. The smallest absolute Gasteiger partial charge is 0.133 e. The lowest BCUT2D eigenvalue weighted by Gasteiger charge is -2.13. The number of Topliss-reactive ketones (excluding diaryl/α,β-unsaturated/α-hetero) is 2. The van der Waals surface area contributed by atoms with Gasteiger partial charge in [-0.1, -0.05) is 93.2 Å². The van der Waals surface area contributed by atoms with E-state index in [-0.39, 0.29) is 17.5 Å². The first-order chi connectivity index (χ1) is 22.7. The van der Waals surface area contributed by atoms with E-state index in [4.69, 9.17) is 0 Å². The minimum Gasteiger partial charge on any atom is -0.300 e. The second-order valence-electron chi connectivity index (χ2n) is 15.1. The van der Waals surface area contributed by atoms with Gasteiger partial charge in [-0.15, -0.1) is 0 Å². The Morgan fingerprint density at radius 3 is 1.12 bits per heavy atom. The van der Waals surface area contributed by atoms with Crippen molar-refractivity contribution in [2.45, 2.75) is 179 Å². The second kappa shape index (κ2) is 28.1. The van der Waals surface area contributed by atoms with Crippen molar-refractivity contribution in [3.8, 4) is 0 Å². The standard InChI is InChI=1S/C46H74O2/c1-36(2)18-12-21-39(7)23-15-24-40(8)25-16-26-41(9)27-17-29-45(47)32-33-46(48)35-44(34-43(11)28-14-20-38(5)6)31-30-42(10)22-13-19-37(3)4/h18-20,23,25,27,30,34,44H,12-17,21-22,24,26,28-29,31-33,35H2,1-11H3/b39-23?,40-25?,41-27?,42-30+,43-34+. The quantitative estimate of drug-likeness (QED) is 0.0867. The lowest BCUT2D eigenvalue weighted by Crippen LogP contribution is -2.09. The largest absolute Gasteiger partial charge is 0.300 e. The zero-order chi connectivity index (χ0) is 36.3. The highest BCUT2D eigenvalue weighted by atomic mass is 16.1. The van der Waals surface area contributed by atoms with E-state index in [1.165, 1.54) is 44.6 Å². The molecule has 0 aliphatic rings. The molecular weight excluding hydrogens is 585 g/mol. The Morgan fingerprint density at radius 1 is 0.375 bits per heavy atom. The van der Waals surface area contributed by atoms with E-state index in [0.29, 0.717) is 25.7 Å². The molecule has 0 saturated heterocycles. The summed E-state index contributed by atoms with van der Waals surface area (Å²) >= 11 is 0. The second-order valence-corrected chi connectivity index (χ2v) is 15.1. The van der Waals surface area contributed by atoms with E-state index in [9.17, 15) is 9.59 Å². The molecule has 0 saturated carbocycles. The van der Waals surface area contributed by atoms with Gasteiger partial charge in [0.05, 0.1) is 0 Å². The molecule has 270 valence electrons. The van der Waals surface area contributed by atoms with Gasteiger partial charge in [0.2, 0.25) is 0 Å². The van der Waals surface area contributed by atoms with Crippen molar-refractivity contribution in [2.75, 3.05) is 0 Å². The monoisotopic (exact) mass is 659 g/mol. The van der Waals surface area contributed by atoms with Gasteiger partial charge in [-0.05, 0) is 159 Å². The Labute approximate surface area is 298 Å². The zero-order valence-corrected chi connectivity index (χ0v) is 33.3. The van der Waals surface area contributed by atoms with Crippen LogP contribution >= 0.6 is 0 Å². The first kappa shape index (κ1) is 45.3. The third kappa shape index (κ3) is 29.4. The zero-order valence-electron chi connectivity index (χ0n) is 33.3. The molecule has 0 aromatic rings. The maximum absolute atomic E-state index is 13.0. The van der Waals surface area contributed by atoms with Gasteiger partial charge in [0.15, 0.2) is 0 Å². The van der Waals surface area contributed by atoms with E-state index >= 15 is 0 Å². The highest BCUT2D eigenvalue weighted by Crippen LogP contribution is 2.21. The number of carbonyl (C=O) groups excluding carboxylic acids is 2. The summed E-state index contributed by atoms with van der Waals surface area (Å²) in [5.74, 6) is 0.604. The maximum atomic E-state index is 13.0. The molecule has 0 radical (unpaired) electrons. The lowest BCUT2D eigenvalue weighted by molar-refractivity contribution is -0.124. The van der Waals surface area contributed by atoms with Crippen LogP contribution < -0.4 is 0 Å². The summed E-state index contributed by atoms with van der Waals surface area (Å²) in [6, 6.07) is 0. The number of hydrogen-bond acceptors (Lipinski definition) is 2. The molecule has 0 N–H and O–H groups in total. The van der Waals surface area contributed by atoms with Crippen molar-refractivity contribution in [3.05, 3.63) is 93.2 Å². The van der Waals surface area contributed by atoms with Crippen LogP contribution in [0.3, 0.4) is 0 Å². The molecule has 0 aromatic heterocycles. The van der Waals surface area contributed by atoms with Crippen molar-refractivity contribution >= 4 is 11.6 Å². The fraction of sp³-hybridized carbons (Fsp3) is 0.609. The van der Waals surface area contributed by atoms with E-state index in [2.05, 4.69) is 125 Å². The molecule has 0 amide bonds. The van der Waals surface area contributed by atoms with Crippen molar-refractivity contribution in [3.63, 3.8) is 0 Å². The van der Waals surface area contributed by atoms with Gasteiger partial charge in [-0.3, -0.25) is 9.59 Å². The summed E-state index contributed by atoms with van der Waals surface area (Å²) in [5.41, 5.74) is 11.1. The van der Waals surface area contributed by atoms with Gasteiger partial charge in [-0.2, -0.15) is 0 Å². The van der Waals surface area contributed by atoms with E-state index in [1.54, 1.807) is 0 Å². The average molecular weight is 659 g/mol. The molecule has 0 heterocycles. The van der Waals surface area contributed by atoms with Gasteiger partial charge < -0.3 is 0 Å². The fourth-order valence-electron chi connectivity index (χ4n) is 5.59. The van der Waals surface area contributed by atoms with Crippen LogP contribution in [0.2, 0.25) is 0 Å². The van der Waals surface area contributed by atoms with Gasteiger partial charge in [-0.25, -0.2) is 0 Å². The van der Waals surface area contributed by atoms with Gasteiger partial charge in [0.1, 0.15) is 11.6 Å². The molecule has 0 fully saturated rings. The van der Waals surface area contributed by atoms with E-state index in [0.717, 1.165) is 77.0 Å². The van der Waals surface area contributed by atoms with Crippen molar-refractivity contribution in [1.82, 2.24) is 0 Å². The van der Waals surface area contributed by atoms with Crippen LogP contribution in [-0.4, -0.2) is 11.6 Å². The lowest BCUT2D eigenvalue weighted by atomic mass is 9.92. The van der Waals surface area contributed by atoms with Crippen LogP contribution in [0.25, 0.3) is 0 Å². The number of allylic oxidation sites excluding steroid dienone is 16. The Balaban J connectivity index is 4.74. The number of carbonyl (C=O) groups is 2. The number of rotatable bonds is 26. The topological polar surface area (TPSA) is 34.1 Å². The third-order valence-electron chi connectivity index (χ3n) is 8.71. The molecule has 0 rings (SSSR count). The minimum absolute atomic E-state index is 0.194. The molecule has 0 spiro atoms. The van der Waals surface area contributed by atoms with Crippen molar-refractivity contribution < 1.29 is 9.59 Å². The van der Waals surface area contributed by atoms with Crippen molar-refractivity contribution in [1.29, 1.82) is 0 Å². The Kier molecular flexibility index (Phi) is 26.5. The van der Waals surface area contributed by atoms with Crippen LogP contribution in [0, 0.1) is 5.92 Å². The normalized spacial score (nSPS) is 13.7. The summed E-state index contributed by atoms with van der Waals surface area (Å²) in [5, 5.41) is 0. The summed E-state index contributed by atoms with van der Waals surface area (Å²) in [4.78, 5) is 25.6. The third-order valence-corrected chi connectivity index (χ3v) is 8.71. The van der Waals surface area contributed by atoms with Gasteiger partial charge in [0, 0.05) is 25.7 Å². The van der Waals surface area contributed by atoms with Crippen LogP contribution in [0.15, 0.2) is 93.2 Å². The fourth-order valence-corrected chi connectivity index (χ4v) is 5.59. The molecule has 1 unspecified atom stereocenters. The molecule has 0 aliphatic carbocycles. The SMILES string of the molecule is CC(C)=CCCC(C)=CCCC(C)=CCCC(C)=CCCC(=O)CCC(=O)CC(/C=C(\C)CCC=C(C)C)C/C=C(\C)CCC=C(C)C. The number of ketones is 2. The summed E-state index contributed by atoms with van der Waals surface area (Å²) in [7, 11) is 0. The molecule has 2 heteroatoms. The predicted molar refractivity (Wildman–Crippen MR) is 214 cm³/mol. The Hall–Kier alpha value is -2.74. The summed E-state index contributed by atoms with van der Waals surface area (Å²) in [6.45, 7) is 23.9. The Morgan fingerprint density at radius 2 is 0.708 bits per heavy atom. The first-order valence-corrected chi connectivity index (χ1v) is 18.9. The summed E-state index contributed by atoms with van der Waals surface area (Å²) < 4.78 is 0. The molecule has 1 atom stereocenters. The highest BCUT2D eigenvalue weighted by Gasteiger charge is 2.13. The highest BCUT2D eigenvalue weighted by molar-refractivity contribution is 5.86. The maximum Gasteiger partial charge on any atom is 0.133 e. The van der Waals surface area contributed by atoms with Crippen LogP contribution in [-0.2, 0) is 9.59 Å². The summed E-state index contributed by atoms with van der Waals surface area (Å²) in [6.07, 6.45) is 32.7. The van der Waals surface area contributed by atoms with Crippen LogP contribution in [0.4, 0.5) is 0 Å². The number of hydrogen-bond donors (Lipinski definition) is 0. The first-order valence-electron chi connectivity index (χ1n) is 18.9.